The van der Waals surface area contributed by atoms with Crippen LogP contribution in [0.5, 0.6) is 28.7 Å². The van der Waals surface area contributed by atoms with E-state index in [-0.39, 0.29) is 29.2 Å². The van der Waals surface area contributed by atoms with Crippen LogP contribution in [0.2, 0.25) is 0 Å². The second-order valence-corrected chi connectivity index (χ2v) is 11.8. The number of nitrogens with one attached hydrogen (secondary N) is 1. The summed E-state index contributed by atoms with van der Waals surface area (Å²) in [5.41, 5.74) is 3.19. The molecule has 43 heavy (non-hydrogen) atoms. The molecule has 8 bridgehead atoms. The van der Waals surface area contributed by atoms with E-state index in [0.717, 1.165) is 23.1 Å². The third-order valence-corrected chi connectivity index (χ3v) is 8.96. The molecule has 3 heterocycles. The Morgan fingerprint density at radius 3 is 2.74 bits per heavy atom. The lowest BCUT2D eigenvalue weighted by atomic mass is 9.85. The van der Waals surface area contributed by atoms with Crippen LogP contribution in [0.3, 0.4) is 0 Å². The summed E-state index contributed by atoms with van der Waals surface area (Å²) in [5, 5.41) is 13.2. The smallest absolute Gasteiger partial charge is 0.255 e. The molecule has 0 spiro atoms. The molecular formula is C35H40N2O6. The molecule has 8 heteroatoms. The van der Waals surface area contributed by atoms with Crippen molar-refractivity contribution in [2.24, 2.45) is 5.92 Å². The third kappa shape index (κ3) is 6.43. The van der Waals surface area contributed by atoms with Gasteiger partial charge in [-0.05, 0) is 84.3 Å². The van der Waals surface area contributed by atoms with Gasteiger partial charge in [-0.3, -0.25) is 9.59 Å². The van der Waals surface area contributed by atoms with Gasteiger partial charge in [0, 0.05) is 19.5 Å². The number of rotatable bonds is 4. The first-order chi connectivity index (χ1) is 21.0. The van der Waals surface area contributed by atoms with E-state index in [2.05, 4.69) is 11.4 Å². The Morgan fingerprint density at radius 1 is 1.05 bits per heavy atom. The van der Waals surface area contributed by atoms with E-state index >= 15 is 0 Å². The van der Waals surface area contributed by atoms with Gasteiger partial charge < -0.3 is 29.5 Å². The fraction of sp³-hybridized carbons (Fsp3) is 0.429. The number of methoxy groups -OCH3 is 1. The predicted octanol–water partition coefficient (Wildman–Crippen LogP) is 6.54. The standard InChI is InChI=1S/C35H40N2O6/c1-41-31-22-28-24-15-17-37(33(39)14-11-23-7-3-2-4-8-23)34(28)25-9-5-10-26(19-25)42-18-6-16-36-35(40)29-21-27(12-13-30(29)38)43-32(31)20-24/h5,9-10,12-13,19-23,34,38H,2-4,6-8,11,14-18H2,1H3,(H,36,40). The number of aromatic hydroxyl groups is 1. The van der Waals surface area contributed by atoms with Gasteiger partial charge in [0.15, 0.2) is 11.5 Å². The maximum atomic E-state index is 13.9. The number of carbonyl (C=O) groups excluding carboxylic acids is 2. The largest absolute Gasteiger partial charge is 0.507 e. The molecule has 8 nitrogen and oxygen atoms in total. The van der Waals surface area contributed by atoms with Crippen molar-refractivity contribution in [2.75, 3.05) is 26.8 Å². The Hall–Kier alpha value is -4.20. The summed E-state index contributed by atoms with van der Waals surface area (Å²) in [5.74, 6) is 2.46. The number of carbonyl (C=O) groups is 2. The zero-order valence-corrected chi connectivity index (χ0v) is 24.8. The molecule has 1 saturated carbocycles. The van der Waals surface area contributed by atoms with Gasteiger partial charge in [-0.25, -0.2) is 0 Å². The maximum absolute atomic E-state index is 13.9. The first-order valence-electron chi connectivity index (χ1n) is 15.5. The van der Waals surface area contributed by atoms with Crippen LogP contribution in [-0.2, 0) is 11.2 Å². The van der Waals surface area contributed by atoms with Crippen molar-refractivity contribution in [3.8, 4) is 28.7 Å². The monoisotopic (exact) mass is 584 g/mol. The van der Waals surface area contributed by atoms with E-state index in [0.29, 0.717) is 67.9 Å². The van der Waals surface area contributed by atoms with Gasteiger partial charge in [0.1, 0.15) is 17.2 Å². The van der Waals surface area contributed by atoms with Crippen molar-refractivity contribution in [3.63, 3.8) is 0 Å². The van der Waals surface area contributed by atoms with Crippen LogP contribution in [0.25, 0.3) is 0 Å². The number of amides is 2. The molecule has 2 N–H and O–H groups in total. The van der Waals surface area contributed by atoms with Gasteiger partial charge in [-0.15, -0.1) is 0 Å². The Kier molecular flexibility index (Phi) is 8.72. The number of fused-ring (bicyclic) bond motifs is 6. The lowest BCUT2D eigenvalue weighted by molar-refractivity contribution is -0.133. The lowest BCUT2D eigenvalue weighted by Crippen LogP contribution is -2.40. The summed E-state index contributed by atoms with van der Waals surface area (Å²) in [4.78, 5) is 28.7. The van der Waals surface area contributed by atoms with Crippen LogP contribution < -0.4 is 19.5 Å². The number of hydrogen-bond acceptors (Lipinski definition) is 6. The highest BCUT2D eigenvalue weighted by molar-refractivity contribution is 5.97. The number of phenolic OH excluding ortho intramolecular Hbond substituents is 1. The van der Waals surface area contributed by atoms with E-state index in [1.807, 2.05) is 35.2 Å². The Morgan fingerprint density at radius 2 is 1.91 bits per heavy atom. The number of hydrogen-bond donors (Lipinski definition) is 2. The first kappa shape index (κ1) is 28.9. The highest BCUT2D eigenvalue weighted by Gasteiger charge is 2.34. The zero-order valence-electron chi connectivity index (χ0n) is 24.8. The molecule has 3 aliphatic heterocycles. The molecule has 4 aliphatic rings. The van der Waals surface area contributed by atoms with E-state index in [1.165, 1.54) is 44.2 Å². The Balaban J connectivity index is 1.39. The highest BCUT2D eigenvalue weighted by Crippen LogP contribution is 2.43. The molecule has 1 unspecified atom stereocenters. The molecule has 1 aliphatic carbocycles. The molecule has 3 aromatic carbocycles. The van der Waals surface area contributed by atoms with Gasteiger partial charge in [-0.1, -0.05) is 44.2 Å². The lowest BCUT2D eigenvalue weighted by Gasteiger charge is -2.38. The van der Waals surface area contributed by atoms with Crippen molar-refractivity contribution in [2.45, 2.75) is 63.8 Å². The van der Waals surface area contributed by atoms with E-state index in [9.17, 15) is 14.7 Å². The first-order valence-corrected chi connectivity index (χ1v) is 15.5. The fourth-order valence-electron chi connectivity index (χ4n) is 6.66. The summed E-state index contributed by atoms with van der Waals surface area (Å²) >= 11 is 0. The fourth-order valence-corrected chi connectivity index (χ4v) is 6.66. The van der Waals surface area contributed by atoms with Crippen LogP contribution in [-0.4, -0.2) is 48.6 Å². The summed E-state index contributed by atoms with van der Waals surface area (Å²) in [7, 11) is 1.59. The number of nitrogens with zero attached hydrogens (tertiary/aromatic N) is 1. The predicted molar refractivity (Wildman–Crippen MR) is 163 cm³/mol. The van der Waals surface area contributed by atoms with Crippen LogP contribution in [0.1, 0.15) is 84.5 Å². The summed E-state index contributed by atoms with van der Waals surface area (Å²) in [6.45, 7) is 1.38. The van der Waals surface area contributed by atoms with E-state index < -0.39 is 0 Å². The average Bonchev–Trinajstić information content (AvgIpc) is 3.03. The zero-order chi connectivity index (χ0) is 29.8. The topological polar surface area (TPSA) is 97.3 Å². The van der Waals surface area contributed by atoms with Gasteiger partial charge in [0.05, 0.1) is 25.3 Å². The second kappa shape index (κ2) is 13.0. The van der Waals surface area contributed by atoms with Gasteiger partial charge in [-0.2, -0.15) is 0 Å². The van der Waals surface area contributed by atoms with Gasteiger partial charge in [0.2, 0.25) is 5.91 Å². The third-order valence-electron chi connectivity index (χ3n) is 8.96. The SMILES string of the molecule is COc1cc2c3cc1Oc1ccc(O)c(c1)C(=O)NCCCOc1cccc(c1)C2N(C(=O)CCC1CCCCC1)CC3. The molecule has 7 rings (SSSR count). The molecule has 1 atom stereocenters. The molecule has 226 valence electrons. The average molecular weight is 585 g/mol. The number of benzene rings is 3. The molecule has 3 aromatic rings. The highest BCUT2D eigenvalue weighted by atomic mass is 16.5. The molecule has 0 saturated heterocycles. The van der Waals surface area contributed by atoms with Crippen molar-refractivity contribution in [1.82, 2.24) is 10.2 Å². The van der Waals surface area contributed by atoms with Crippen LogP contribution in [0.15, 0.2) is 54.6 Å². The van der Waals surface area contributed by atoms with E-state index in [4.69, 9.17) is 14.2 Å². The Labute approximate surface area is 252 Å². The number of ether oxygens (including phenoxy) is 3. The summed E-state index contributed by atoms with van der Waals surface area (Å²) < 4.78 is 18.1. The summed E-state index contributed by atoms with van der Waals surface area (Å²) in [6, 6.07) is 16.2. The normalized spacial score (nSPS) is 19.0. The minimum atomic E-state index is -0.389. The van der Waals surface area contributed by atoms with Crippen molar-refractivity contribution in [1.29, 1.82) is 0 Å². The van der Waals surface area contributed by atoms with Gasteiger partial charge in [0.25, 0.3) is 5.91 Å². The molecule has 2 amide bonds. The minimum absolute atomic E-state index is 0.124. The van der Waals surface area contributed by atoms with Crippen LogP contribution >= 0.6 is 0 Å². The Bertz CT molecular complexity index is 1480. The molecule has 1 fully saturated rings. The summed E-state index contributed by atoms with van der Waals surface area (Å²) in [6.07, 6.45) is 9.07. The second-order valence-electron chi connectivity index (χ2n) is 11.8. The maximum Gasteiger partial charge on any atom is 0.255 e. The van der Waals surface area contributed by atoms with Gasteiger partial charge >= 0.3 is 0 Å². The van der Waals surface area contributed by atoms with Crippen molar-refractivity contribution in [3.05, 3.63) is 76.9 Å². The molecule has 0 radical (unpaired) electrons. The van der Waals surface area contributed by atoms with Crippen LogP contribution in [0.4, 0.5) is 0 Å². The van der Waals surface area contributed by atoms with Crippen molar-refractivity contribution >= 4 is 11.8 Å². The molecule has 0 aromatic heterocycles. The quantitative estimate of drug-likeness (QED) is 0.362. The van der Waals surface area contributed by atoms with Crippen molar-refractivity contribution < 1.29 is 28.9 Å². The molecular weight excluding hydrogens is 544 g/mol. The number of phenols is 1. The minimum Gasteiger partial charge on any atom is -0.507 e. The van der Waals surface area contributed by atoms with Crippen LogP contribution in [0, 0.1) is 5.92 Å². The van der Waals surface area contributed by atoms with E-state index in [1.54, 1.807) is 13.2 Å².